The quantitative estimate of drug-likeness (QED) is 0.589. The van der Waals surface area contributed by atoms with Crippen molar-refractivity contribution in [3.8, 4) is 5.75 Å². The number of phenols is 1. The van der Waals surface area contributed by atoms with Gasteiger partial charge in [-0.15, -0.1) is 0 Å². The molecule has 0 radical (unpaired) electrons. The summed E-state index contributed by atoms with van der Waals surface area (Å²) in [5.74, 6) is -0.531. The molecule has 5 nitrogen and oxygen atoms in total. The number of hydrogen-bond donors (Lipinski definition) is 2. The molecular formula is C12H15NO4. The Morgan fingerprint density at radius 1 is 1.53 bits per heavy atom. The van der Waals surface area contributed by atoms with Crippen LogP contribution in [0.4, 0.5) is 0 Å². The van der Waals surface area contributed by atoms with Gasteiger partial charge in [-0.05, 0) is 24.6 Å². The van der Waals surface area contributed by atoms with Gasteiger partial charge < -0.3 is 15.2 Å². The number of rotatable bonds is 5. The second kappa shape index (κ2) is 6.00. The summed E-state index contributed by atoms with van der Waals surface area (Å²) in [5.41, 5.74) is 0.951. The van der Waals surface area contributed by atoms with Crippen LogP contribution in [0, 0.1) is 6.92 Å². The van der Waals surface area contributed by atoms with Gasteiger partial charge in [-0.3, -0.25) is 9.59 Å². The van der Waals surface area contributed by atoms with Crippen molar-refractivity contribution in [2.24, 2.45) is 0 Å². The lowest BCUT2D eigenvalue weighted by Gasteiger charge is -2.09. The topological polar surface area (TPSA) is 75.6 Å². The molecule has 0 aromatic heterocycles. The molecule has 2 N–H and O–H groups in total. The van der Waals surface area contributed by atoms with Crippen LogP contribution in [-0.2, 0) is 4.74 Å². The molecule has 0 heterocycles. The number of ether oxygens (including phenoxy) is 1. The van der Waals surface area contributed by atoms with Gasteiger partial charge in [-0.2, -0.15) is 0 Å². The molecule has 0 bridgehead atoms. The Labute approximate surface area is 99.4 Å². The van der Waals surface area contributed by atoms with E-state index in [-0.39, 0.29) is 11.3 Å². The Morgan fingerprint density at radius 3 is 2.82 bits per heavy atom. The van der Waals surface area contributed by atoms with Gasteiger partial charge in [-0.1, -0.05) is 0 Å². The number of hydrogen-bond acceptors (Lipinski definition) is 4. The van der Waals surface area contributed by atoms with Gasteiger partial charge in [-0.25, -0.2) is 0 Å². The summed E-state index contributed by atoms with van der Waals surface area (Å²) in [6.07, 6.45) is 0.637. The van der Waals surface area contributed by atoms with E-state index >= 15 is 0 Å². The van der Waals surface area contributed by atoms with E-state index in [2.05, 4.69) is 5.32 Å². The minimum absolute atomic E-state index is 0.100. The summed E-state index contributed by atoms with van der Waals surface area (Å²) >= 11 is 0. The average molecular weight is 237 g/mol. The molecule has 0 saturated heterocycles. The summed E-state index contributed by atoms with van der Waals surface area (Å²) in [6.45, 7) is 2.37. The van der Waals surface area contributed by atoms with E-state index in [9.17, 15) is 14.7 Å². The van der Waals surface area contributed by atoms with Gasteiger partial charge in [0.25, 0.3) is 5.91 Å². The van der Waals surface area contributed by atoms with Crippen LogP contribution < -0.4 is 5.32 Å². The molecule has 0 aliphatic carbocycles. The highest BCUT2D eigenvalue weighted by Gasteiger charge is 2.13. The molecule has 1 aromatic carbocycles. The van der Waals surface area contributed by atoms with Crippen molar-refractivity contribution < 1.29 is 19.4 Å². The number of carbonyl (C=O) groups is 2. The predicted molar refractivity (Wildman–Crippen MR) is 62.4 cm³/mol. The first-order chi connectivity index (χ1) is 8.10. The fourth-order valence-corrected chi connectivity index (χ4v) is 1.41. The summed E-state index contributed by atoms with van der Waals surface area (Å²) in [4.78, 5) is 22.4. The number of methoxy groups -OCH3 is 1. The van der Waals surface area contributed by atoms with Crippen molar-refractivity contribution in [3.63, 3.8) is 0 Å². The lowest BCUT2D eigenvalue weighted by atomic mass is 10.0. The third kappa shape index (κ3) is 3.29. The molecule has 0 spiro atoms. The number of carbonyl (C=O) groups excluding carboxylic acids is 2. The Kier molecular flexibility index (Phi) is 4.66. The molecule has 92 valence electrons. The zero-order valence-corrected chi connectivity index (χ0v) is 9.82. The van der Waals surface area contributed by atoms with Crippen molar-refractivity contribution in [1.82, 2.24) is 5.32 Å². The van der Waals surface area contributed by atoms with Crippen LogP contribution in [0.15, 0.2) is 12.1 Å². The second-order valence-electron chi connectivity index (χ2n) is 3.60. The molecule has 0 aliphatic heterocycles. The number of benzene rings is 1. The SMILES string of the molecule is COCCNC(=O)c1cc(C=O)cc(C)c1O. The van der Waals surface area contributed by atoms with Crippen LogP contribution in [0.5, 0.6) is 5.75 Å². The number of aromatic hydroxyl groups is 1. The molecular weight excluding hydrogens is 222 g/mol. The smallest absolute Gasteiger partial charge is 0.255 e. The van der Waals surface area contributed by atoms with Gasteiger partial charge in [0, 0.05) is 19.2 Å². The first-order valence-electron chi connectivity index (χ1n) is 5.16. The molecule has 1 rings (SSSR count). The molecule has 0 aliphatic rings. The minimum atomic E-state index is -0.425. The number of aryl methyl sites for hydroxylation is 1. The van der Waals surface area contributed by atoms with Crippen LogP contribution in [0.1, 0.15) is 26.3 Å². The lowest BCUT2D eigenvalue weighted by molar-refractivity contribution is 0.0934. The van der Waals surface area contributed by atoms with Crippen molar-refractivity contribution in [3.05, 3.63) is 28.8 Å². The molecule has 17 heavy (non-hydrogen) atoms. The van der Waals surface area contributed by atoms with Crippen molar-refractivity contribution >= 4 is 12.2 Å². The highest BCUT2D eigenvalue weighted by Crippen LogP contribution is 2.23. The van der Waals surface area contributed by atoms with Crippen LogP contribution in [-0.4, -0.2) is 37.6 Å². The number of aldehydes is 1. The zero-order valence-electron chi connectivity index (χ0n) is 9.82. The molecule has 0 fully saturated rings. The highest BCUT2D eigenvalue weighted by molar-refractivity contribution is 5.98. The van der Waals surface area contributed by atoms with E-state index in [1.165, 1.54) is 19.2 Å². The van der Waals surface area contributed by atoms with Gasteiger partial charge in [0.1, 0.15) is 12.0 Å². The third-order valence-corrected chi connectivity index (χ3v) is 2.30. The van der Waals surface area contributed by atoms with E-state index in [1.807, 2.05) is 0 Å². The maximum atomic E-state index is 11.7. The number of amides is 1. The number of phenolic OH excluding ortho intramolecular Hbond substituents is 1. The average Bonchev–Trinajstić information content (AvgIpc) is 2.32. The van der Waals surface area contributed by atoms with Crippen molar-refractivity contribution in [2.75, 3.05) is 20.3 Å². The largest absolute Gasteiger partial charge is 0.507 e. The number of nitrogens with one attached hydrogen (secondary N) is 1. The first kappa shape index (κ1) is 13.2. The highest BCUT2D eigenvalue weighted by atomic mass is 16.5. The molecule has 0 atom stereocenters. The van der Waals surface area contributed by atoms with E-state index in [4.69, 9.17) is 4.74 Å². The van der Waals surface area contributed by atoms with E-state index < -0.39 is 5.91 Å². The summed E-state index contributed by atoms with van der Waals surface area (Å²) < 4.78 is 4.79. The Bertz CT molecular complexity index is 429. The van der Waals surface area contributed by atoms with Crippen LogP contribution >= 0.6 is 0 Å². The fourth-order valence-electron chi connectivity index (χ4n) is 1.41. The molecule has 0 saturated carbocycles. The fraction of sp³-hybridized carbons (Fsp3) is 0.333. The standard InChI is InChI=1S/C12H15NO4/c1-8-5-9(7-14)6-10(11(8)15)12(16)13-3-4-17-2/h5-7,15H,3-4H2,1-2H3,(H,13,16). The minimum Gasteiger partial charge on any atom is -0.507 e. The van der Waals surface area contributed by atoms with Crippen molar-refractivity contribution in [1.29, 1.82) is 0 Å². The molecule has 1 amide bonds. The molecule has 0 unspecified atom stereocenters. The van der Waals surface area contributed by atoms with Gasteiger partial charge >= 0.3 is 0 Å². The maximum absolute atomic E-state index is 11.7. The Balaban J connectivity index is 2.92. The van der Waals surface area contributed by atoms with Gasteiger partial charge in [0.15, 0.2) is 0 Å². The zero-order chi connectivity index (χ0) is 12.8. The second-order valence-corrected chi connectivity index (χ2v) is 3.60. The van der Waals surface area contributed by atoms with Crippen LogP contribution in [0.2, 0.25) is 0 Å². The first-order valence-corrected chi connectivity index (χ1v) is 5.16. The van der Waals surface area contributed by atoms with E-state index in [0.717, 1.165) is 0 Å². The Hall–Kier alpha value is -1.88. The monoisotopic (exact) mass is 237 g/mol. The normalized spacial score (nSPS) is 10.0. The van der Waals surface area contributed by atoms with Crippen LogP contribution in [0.25, 0.3) is 0 Å². The van der Waals surface area contributed by atoms with Gasteiger partial charge in [0.2, 0.25) is 0 Å². The summed E-state index contributed by atoms with van der Waals surface area (Å²) in [7, 11) is 1.53. The summed E-state index contributed by atoms with van der Waals surface area (Å²) in [6, 6.07) is 2.88. The third-order valence-electron chi connectivity index (χ3n) is 2.30. The van der Waals surface area contributed by atoms with Crippen LogP contribution in [0.3, 0.4) is 0 Å². The van der Waals surface area contributed by atoms with Crippen molar-refractivity contribution in [2.45, 2.75) is 6.92 Å². The van der Waals surface area contributed by atoms with E-state index in [0.29, 0.717) is 30.6 Å². The lowest BCUT2D eigenvalue weighted by Crippen LogP contribution is -2.27. The molecule has 1 aromatic rings. The maximum Gasteiger partial charge on any atom is 0.255 e. The van der Waals surface area contributed by atoms with Gasteiger partial charge in [0.05, 0.1) is 12.2 Å². The predicted octanol–water partition coefficient (Wildman–Crippen LogP) is 0.889. The summed E-state index contributed by atoms with van der Waals surface area (Å²) in [5, 5.41) is 12.3. The van der Waals surface area contributed by atoms with E-state index in [1.54, 1.807) is 6.92 Å². The Morgan fingerprint density at radius 2 is 2.24 bits per heavy atom. The molecule has 5 heteroatoms.